The van der Waals surface area contributed by atoms with Crippen molar-refractivity contribution in [3.63, 3.8) is 0 Å². The SMILES string of the molecule is CC(C)CN(C[C@@H]1Cc2c(cc(O)c(N3CC(=O)NS3(=O)=O)c2F)O1)C(=O)OC(C)(C)C. The molecule has 0 saturated carbocycles. The first-order valence-corrected chi connectivity index (χ1v) is 11.6. The first-order valence-electron chi connectivity index (χ1n) is 10.2. The Balaban J connectivity index is 1.84. The van der Waals surface area contributed by atoms with Crippen LogP contribution in [-0.2, 0) is 26.2 Å². The lowest BCUT2D eigenvalue weighted by Crippen LogP contribution is -2.43. The number of ether oxygens (including phenoxy) is 2. The van der Waals surface area contributed by atoms with Crippen LogP contribution in [0.4, 0.5) is 14.9 Å². The Kier molecular flexibility index (Phi) is 6.20. The number of phenolic OH excluding ortho intramolecular Hbond substituents is 1. The summed E-state index contributed by atoms with van der Waals surface area (Å²) in [6.07, 6.45) is -1.11. The van der Waals surface area contributed by atoms with Crippen molar-refractivity contribution >= 4 is 27.9 Å². The van der Waals surface area contributed by atoms with Crippen molar-refractivity contribution in [1.29, 1.82) is 0 Å². The third kappa shape index (κ3) is 5.00. The summed E-state index contributed by atoms with van der Waals surface area (Å²) in [4.78, 5) is 25.6. The van der Waals surface area contributed by atoms with E-state index in [1.807, 2.05) is 13.8 Å². The molecule has 10 nitrogen and oxygen atoms in total. The quantitative estimate of drug-likeness (QED) is 0.669. The number of hydrogen-bond acceptors (Lipinski definition) is 7. The van der Waals surface area contributed by atoms with E-state index in [1.165, 1.54) is 4.90 Å². The highest BCUT2D eigenvalue weighted by molar-refractivity contribution is 7.92. The molecule has 2 N–H and O–H groups in total. The number of aromatic hydroxyl groups is 1. The number of fused-ring (bicyclic) bond motifs is 1. The van der Waals surface area contributed by atoms with E-state index in [2.05, 4.69) is 0 Å². The molecule has 32 heavy (non-hydrogen) atoms. The highest BCUT2D eigenvalue weighted by Gasteiger charge is 2.40. The smallest absolute Gasteiger partial charge is 0.410 e. The highest BCUT2D eigenvalue weighted by Crippen LogP contribution is 2.43. The lowest BCUT2D eigenvalue weighted by atomic mass is 10.1. The third-order valence-electron chi connectivity index (χ3n) is 4.74. The van der Waals surface area contributed by atoms with E-state index in [0.29, 0.717) is 10.8 Å². The van der Waals surface area contributed by atoms with Crippen molar-refractivity contribution in [2.75, 3.05) is 23.9 Å². The van der Waals surface area contributed by atoms with Crippen LogP contribution in [0.15, 0.2) is 6.07 Å². The van der Waals surface area contributed by atoms with Crippen molar-refractivity contribution in [2.24, 2.45) is 5.92 Å². The maximum atomic E-state index is 15.3. The zero-order valence-corrected chi connectivity index (χ0v) is 19.5. The molecule has 1 fully saturated rings. The second-order valence-electron chi connectivity index (χ2n) is 9.30. The maximum Gasteiger partial charge on any atom is 0.410 e. The minimum atomic E-state index is -4.30. The van der Waals surface area contributed by atoms with Crippen LogP contribution < -0.4 is 13.8 Å². The van der Waals surface area contributed by atoms with Gasteiger partial charge < -0.3 is 19.5 Å². The average Bonchev–Trinajstić information content (AvgIpc) is 3.12. The zero-order valence-electron chi connectivity index (χ0n) is 18.6. The summed E-state index contributed by atoms with van der Waals surface area (Å²) in [5.41, 5.74) is -1.24. The van der Waals surface area contributed by atoms with Crippen LogP contribution in [0, 0.1) is 11.7 Å². The van der Waals surface area contributed by atoms with E-state index in [1.54, 1.807) is 25.5 Å². The molecule has 178 valence electrons. The minimum absolute atomic E-state index is 0.0428. The van der Waals surface area contributed by atoms with Crippen LogP contribution in [-0.4, -0.2) is 61.8 Å². The molecular formula is C20H28FN3O7S. The topological polar surface area (TPSA) is 125 Å². The van der Waals surface area contributed by atoms with Gasteiger partial charge in [-0.25, -0.2) is 18.2 Å². The van der Waals surface area contributed by atoms with Gasteiger partial charge in [0.2, 0.25) is 0 Å². The first-order chi connectivity index (χ1) is 14.7. The van der Waals surface area contributed by atoms with Gasteiger partial charge in [-0.3, -0.25) is 4.79 Å². The average molecular weight is 474 g/mol. The molecule has 0 radical (unpaired) electrons. The van der Waals surface area contributed by atoms with Gasteiger partial charge in [-0.2, -0.15) is 8.42 Å². The molecule has 1 aromatic rings. The van der Waals surface area contributed by atoms with Crippen LogP contribution in [0.3, 0.4) is 0 Å². The van der Waals surface area contributed by atoms with Crippen molar-refractivity contribution in [2.45, 2.75) is 52.7 Å². The van der Waals surface area contributed by atoms with Crippen molar-refractivity contribution in [1.82, 2.24) is 9.62 Å². The summed E-state index contributed by atoms with van der Waals surface area (Å²) < 4.78 is 52.9. The molecule has 0 bridgehead atoms. The molecule has 2 amide bonds. The normalized spacial score (nSPS) is 19.5. The van der Waals surface area contributed by atoms with Gasteiger partial charge in [-0.1, -0.05) is 13.8 Å². The molecule has 0 spiro atoms. The number of nitrogens with zero attached hydrogens (tertiary/aromatic N) is 2. The molecule has 2 aliphatic heterocycles. The van der Waals surface area contributed by atoms with Gasteiger partial charge in [0.15, 0.2) is 5.82 Å². The summed E-state index contributed by atoms with van der Waals surface area (Å²) in [5.74, 6) is -2.30. The highest BCUT2D eigenvalue weighted by atomic mass is 32.2. The van der Waals surface area contributed by atoms with E-state index in [-0.39, 0.29) is 30.2 Å². The first kappa shape index (κ1) is 23.9. The van der Waals surface area contributed by atoms with E-state index in [4.69, 9.17) is 9.47 Å². The Morgan fingerprint density at radius 1 is 1.44 bits per heavy atom. The summed E-state index contributed by atoms with van der Waals surface area (Å²) in [6, 6.07) is 1.12. The number of carbonyl (C=O) groups excluding carboxylic acids is 2. The van der Waals surface area contributed by atoms with Crippen molar-refractivity contribution in [3.8, 4) is 11.5 Å². The molecule has 1 saturated heterocycles. The molecule has 1 aromatic carbocycles. The van der Waals surface area contributed by atoms with Gasteiger partial charge in [0.1, 0.15) is 35.4 Å². The molecule has 2 heterocycles. The Morgan fingerprint density at radius 3 is 2.62 bits per heavy atom. The van der Waals surface area contributed by atoms with Crippen molar-refractivity contribution < 1.29 is 37.0 Å². The predicted molar refractivity (Wildman–Crippen MR) is 113 cm³/mol. The molecule has 12 heteroatoms. The minimum Gasteiger partial charge on any atom is -0.505 e. The molecule has 3 rings (SSSR count). The Morgan fingerprint density at radius 2 is 2.09 bits per heavy atom. The molecule has 1 atom stereocenters. The summed E-state index contributed by atoms with van der Waals surface area (Å²) in [6.45, 7) is 9.01. The van der Waals surface area contributed by atoms with Crippen molar-refractivity contribution in [3.05, 3.63) is 17.4 Å². The van der Waals surface area contributed by atoms with Crippen LogP contribution in [0.1, 0.15) is 40.2 Å². The lowest BCUT2D eigenvalue weighted by Gasteiger charge is -2.30. The zero-order chi connectivity index (χ0) is 24.0. The molecule has 2 aliphatic rings. The largest absolute Gasteiger partial charge is 0.505 e. The molecular weight excluding hydrogens is 445 g/mol. The monoisotopic (exact) mass is 473 g/mol. The number of halogens is 1. The third-order valence-corrected chi connectivity index (χ3v) is 6.11. The van der Waals surface area contributed by atoms with Crippen LogP contribution in [0.2, 0.25) is 0 Å². The molecule has 0 aliphatic carbocycles. The van der Waals surface area contributed by atoms with Crippen LogP contribution in [0.5, 0.6) is 11.5 Å². The van der Waals surface area contributed by atoms with Gasteiger partial charge in [0, 0.05) is 24.6 Å². The number of carbonyl (C=O) groups is 2. The maximum absolute atomic E-state index is 15.3. The van der Waals surface area contributed by atoms with Gasteiger partial charge in [-0.15, -0.1) is 0 Å². The van der Waals surface area contributed by atoms with Gasteiger partial charge >= 0.3 is 16.3 Å². The molecule has 0 aromatic heterocycles. The second-order valence-corrected chi connectivity index (χ2v) is 10.9. The standard InChI is InChI=1S/C20H28FN3O7S/c1-11(2)8-23(19(27)31-20(3,4)5)9-12-6-13-15(30-12)7-14(25)18(17(13)21)24-10-16(26)22-32(24,28)29/h7,11-12,25H,6,8-10H2,1-5H3,(H,22,26)/t12-/m0/s1. The number of benzene rings is 1. The van der Waals surface area contributed by atoms with Gasteiger partial charge in [0.05, 0.1) is 6.54 Å². The second kappa shape index (κ2) is 8.30. The number of hydrogen-bond donors (Lipinski definition) is 2. The van der Waals surface area contributed by atoms with Crippen LogP contribution >= 0.6 is 0 Å². The number of nitrogens with one attached hydrogen (secondary N) is 1. The fraction of sp³-hybridized carbons (Fsp3) is 0.600. The Hall–Kier alpha value is -2.76. The predicted octanol–water partition coefficient (Wildman–Crippen LogP) is 1.91. The Bertz CT molecular complexity index is 1040. The van der Waals surface area contributed by atoms with E-state index in [0.717, 1.165) is 6.07 Å². The number of anilines is 1. The van der Waals surface area contributed by atoms with Gasteiger partial charge in [0.25, 0.3) is 5.91 Å². The van der Waals surface area contributed by atoms with Gasteiger partial charge in [-0.05, 0) is 26.7 Å². The summed E-state index contributed by atoms with van der Waals surface area (Å²) in [5, 5.41) is 10.3. The van der Waals surface area contributed by atoms with Crippen LogP contribution in [0.25, 0.3) is 0 Å². The lowest BCUT2D eigenvalue weighted by molar-refractivity contribution is -0.117. The fourth-order valence-electron chi connectivity index (χ4n) is 3.61. The fourth-order valence-corrected chi connectivity index (χ4v) is 4.77. The van der Waals surface area contributed by atoms with E-state index >= 15 is 4.39 Å². The summed E-state index contributed by atoms with van der Waals surface area (Å²) >= 11 is 0. The summed E-state index contributed by atoms with van der Waals surface area (Å²) in [7, 11) is -4.30. The molecule has 0 unspecified atom stereocenters. The number of amides is 2. The number of phenols is 1. The van der Waals surface area contributed by atoms with E-state index < -0.39 is 57.7 Å². The van der Waals surface area contributed by atoms with E-state index in [9.17, 15) is 23.1 Å². The Labute approximate surface area is 186 Å². The number of rotatable bonds is 5.